The Hall–Kier alpha value is -2.22. The molecule has 3 heterocycles. The lowest BCUT2D eigenvalue weighted by Gasteiger charge is -2.28. The second-order valence-corrected chi connectivity index (χ2v) is 6.32. The number of rotatable bonds is 3. The molecule has 0 aromatic carbocycles. The number of carbonyl (C=O) groups is 2. The third-order valence-electron chi connectivity index (χ3n) is 3.68. The number of aromatic nitrogens is 2. The van der Waals surface area contributed by atoms with Crippen molar-refractivity contribution in [1.82, 2.24) is 15.3 Å². The number of hydrogen-bond donors (Lipinski definition) is 1. The molecule has 122 valence electrons. The Morgan fingerprint density at radius 3 is 2.87 bits per heavy atom. The second-order valence-electron chi connectivity index (χ2n) is 5.32. The highest BCUT2D eigenvalue weighted by Gasteiger charge is 2.25. The number of thiophene rings is 1. The summed E-state index contributed by atoms with van der Waals surface area (Å²) in [5, 5.41) is 3.64. The van der Waals surface area contributed by atoms with Crippen LogP contribution in [0.15, 0.2) is 0 Å². The molecule has 0 aliphatic carbocycles. The molecule has 0 saturated carbocycles. The number of nitrogens with one attached hydrogen (secondary N) is 1. The summed E-state index contributed by atoms with van der Waals surface area (Å²) in [7, 11) is 0. The summed E-state index contributed by atoms with van der Waals surface area (Å²) in [6.45, 7) is 7.32. The maximum atomic E-state index is 12.1. The molecule has 1 amide bonds. The smallest absolute Gasteiger partial charge is 0.348 e. The molecule has 0 atom stereocenters. The predicted molar refractivity (Wildman–Crippen MR) is 88.1 cm³/mol. The molecule has 1 aliphatic rings. The van der Waals surface area contributed by atoms with Crippen LogP contribution in [0, 0.1) is 13.8 Å². The van der Waals surface area contributed by atoms with Crippen molar-refractivity contribution in [2.45, 2.75) is 20.8 Å². The van der Waals surface area contributed by atoms with Gasteiger partial charge in [0, 0.05) is 13.1 Å². The zero-order chi connectivity index (χ0) is 16.6. The van der Waals surface area contributed by atoms with E-state index in [4.69, 9.17) is 4.74 Å². The van der Waals surface area contributed by atoms with Crippen LogP contribution in [0.2, 0.25) is 0 Å². The van der Waals surface area contributed by atoms with Gasteiger partial charge < -0.3 is 15.0 Å². The first-order chi connectivity index (χ1) is 11.0. The fourth-order valence-electron chi connectivity index (χ4n) is 2.66. The first-order valence-electron chi connectivity index (χ1n) is 7.47. The molecule has 0 spiro atoms. The van der Waals surface area contributed by atoms with Crippen LogP contribution in [-0.2, 0) is 9.53 Å². The molecule has 0 unspecified atom stereocenters. The van der Waals surface area contributed by atoms with Crippen molar-refractivity contribution >= 4 is 39.2 Å². The molecule has 1 fully saturated rings. The fourth-order valence-corrected chi connectivity index (χ4v) is 3.78. The van der Waals surface area contributed by atoms with Gasteiger partial charge in [0.1, 0.15) is 21.3 Å². The van der Waals surface area contributed by atoms with E-state index in [2.05, 4.69) is 15.3 Å². The largest absolute Gasteiger partial charge is 0.462 e. The van der Waals surface area contributed by atoms with E-state index in [1.54, 1.807) is 6.92 Å². The highest BCUT2D eigenvalue weighted by Crippen LogP contribution is 2.36. The van der Waals surface area contributed by atoms with Crippen molar-refractivity contribution in [3.05, 3.63) is 16.3 Å². The zero-order valence-electron chi connectivity index (χ0n) is 13.3. The van der Waals surface area contributed by atoms with Crippen molar-refractivity contribution < 1.29 is 14.3 Å². The lowest BCUT2D eigenvalue weighted by molar-refractivity contribution is -0.120. The van der Waals surface area contributed by atoms with Crippen LogP contribution in [0.1, 0.15) is 28.0 Å². The Bertz CT molecular complexity index is 787. The minimum atomic E-state index is -0.340. The summed E-state index contributed by atoms with van der Waals surface area (Å²) in [5.74, 6) is 0.967. The number of fused-ring (bicyclic) bond motifs is 1. The molecule has 1 saturated heterocycles. The van der Waals surface area contributed by atoms with Crippen LogP contribution < -0.4 is 10.2 Å². The molecule has 2 aromatic rings. The Labute approximate surface area is 137 Å². The number of hydrogen-bond acceptors (Lipinski definition) is 7. The van der Waals surface area contributed by atoms with Crippen molar-refractivity contribution in [2.75, 3.05) is 31.1 Å². The van der Waals surface area contributed by atoms with Crippen molar-refractivity contribution in [3.63, 3.8) is 0 Å². The first-order valence-corrected chi connectivity index (χ1v) is 8.29. The summed E-state index contributed by atoms with van der Waals surface area (Å²) in [6.07, 6.45) is 0. The molecular weight excluding hydrogens is 316 g/mol. The molecule has 3 rings (SSSR count). The third kappa shape index (κ3) is 2.86. The minimum absolute atomic E-state index is 0.0286. The van der Waals surface area contributed by atoms with Gasteiger partial charge in [0.2, 0.25) is 5.91 Å². The van der Waals surface area contributed by atoms with Crippen molar-refractivity contribution in [2.24, 2.45) is 0 Å². The lowest BCUT2D eigenvalue weighted by Crippen LogP contribution is -2.48. The van der Waals surface area contributed by atoms with E-state index in [0.717, 1.165) is 15.8 Å². The lowest BCUT2D eigenvalue weighted by atomic mass is 10.2. The summed E-state index contributed by atoms with van der Waals surface area (Å²) < 4.78 is 5.12. The molecule has 0 bridgehead atoms. The molecule has 8 heteroatoms. The number of nitrogens with zero attached hydrogens (tertiary/aromatic N) is 3. The van der Waals surface area contributed by atoms with Crippen molar-refractivity contribution in [3.8, 4) is 0 Å². The molecular formula is C15H18N4O3S. The minimum Gasteiger partial charge on any atom is -0.462 e. The van der Waals surface area contributed by atoms with Gasteiger partial charge in [-0.1, -0.05) is 0 Å². The topological polar surface area (TPSA) is 84.4 Å². The molecule has 7 nitrogen and oxygen atoms in total. The summed E-state index contributed by atoms with van der Waals surface area (Å²) in [6, 6.07) is 0. The highest BCUT2D eigenvalue weighted by molar-refractivity contribution is 7.20. The van der Waals surface area contributed by atoms with E-state index in [1.807, 2.05) is 18.7 Å². The number of carbonyl (C=O) groups excluding carboxylic acids is 2. The normalized spacial score (nSPS) is 14.9. The van der Waals surface area contributed by atoms with E-state index >= 15 is 0 Å². The number of aryl methyl sites for hydroxylation is 2. The Morgan fingerprint density at radius 2 is 2.17 bits per heavy atom. The first kappa shape index (κ1) is 15.7. The van der Waals surface area contributed by atoms with Gasteiger partial charge in [-0.25, -0.2) is 14.8 Å². The summed E-state index contributed by atoms with van der Waals surface area (Å²) >= 11 is 1.31. The standard InChI is InChI=1S/C15H18N4O3S/c1-4-22-15(21)12-8(2)11-13(17-9(3)18-14(11)23-12)19-6-5-16-10(20)7-19/h4-7H2,1-3H3,(H,16,20). The van der Waals surface area contributed by atoms with E-state index in [9.17, 15) is 9.59 Å². The van der Waals surface area contributed by atoms with Gasteiger partial charge in [-0.2, -0.15) is 0 Å². The maximum absolute atomic E-state index is 12.1. The van der Waals surface area contributed by atoms with Gasteiger partial charge in [-0.05, 0) is 26.3 Å². The van der Waals surface area contributed by atoms with Crippen LogP contribution in [0.25, 0.3) is 10.2 Å². The summed E-state index contributed by atoms with van der Waals surface area (Å²) in [4.78, 5) is 36.0. The van der Waals surface area contributed by atoms with Crippen LogP contribution in [-0.4, -0.2) is 48.1 Å². The van der Waals surface area contributed by atoms with Gasteiger partial charge in [0.05, 0.1) is 18.5 Å². The molecule has 1 aliphatic heterocycles. The molecule has 1 N–H and O–H groups in total. The summed E-state index contributed by atoms with van der Waals surface area (Å²) in [5.41, 5.74) is 0.810. The van der Waals surface area contributed by atoms with Crippen molar-refractivity contribution in [1.29, 1.82) is 0 Å². The number of ether oxygens (including phenoxy) is 1. The van der Waals surface area contributed by atoms with E-state index in [-0.39, 0.29) is 18.4 Å². The quantitative estimate of drug-likeness (QED) is 0.855. The van der Waals surface area contributed by atoms with Gasteiger partial charge in [0.15, 0.2) is 0 Å². The number of piperazine rings is 1. The van der Waals surface area contributed by atoms with E-state index < -0.39 is 0 Å². The van der Waals surface area contributed by atoms with Crippen LogP contribution in [0.3, 0.4) is 0 Å². The van der Waals surface area contributed by atoms with Gasteiger partial charge in [-0.3, -0.25) is 4.79 Å². The van der Waals surface area contributed by atoms with E-state index in [0.29, 0.717) is 36.2 Å². The second kappa shape index (κ2) is 6.11. The van der Waals surface area contributed by atoms with Crippen LogP contribution in [0.5, 0.6) is 0 Å². The molecule has 0 radical (unpaired) electrons. The predicted octanol–water partition coefficient (Wildman–Crippen LogP) is 1.42. The Balaban J connectivity index is 2.13. The number of amides is 1. The maximum Gasteiger partial charge on any atom is 0.348 e. The molecule has 23 heavy (non-hydrogen) atoms. The Kier molecular flexibility index (Phi) is 4.16. The SMILES string of the molecule is CCOC(=O)c1sc2nc(C)nc(N3CCNC(=O)C3)c2c1C. The average molecular weight is 334 g/mol. The van der Waals surface area contributed by atoms with Crippen LogP contribution >= 0.6 is 11.3 Å². The fraction of sp³-hybridized carbons (Fsp3) is 0.467. The van der Waals surface area contributed by atoms with Gasteiger partial charge in [0.25, 0.3) is 0 Å². The van der Waals surface area contributed by atoms with Gasteiger partial charge >= 0.3 is 5.97 Å². The van der Waals surface area contributed by atoms with E-state index in [1.165, 1.54) is 11.3 Å². The zero-order valence-corrected chi connectivity index (χ0v) is 14.1. The van der Waals surface area contributed by atoms with Gasteiger partial charge in [-0.15, -0.1) is 11.3 Å². The molecule has 2 aromatic heterocycles. The number of anilines is 1. The highest BCUT2D eigenvalue weighted by atomic mass is 32.1. The average Bonchev–Trinajstić information content (AvgIpc) is 2.83. The Morgan fingerprint density at radius 1 is 1.39 bits per heavy atom. The number of esters is 1. The van der Waals surface area contributed by atoms with Crippen LogP contribution in [0.4, 0.5) is 5.82 Å². The third-order valence-corrected chi connectivity index (χ3v) is 4.85. The monoisotopic (exact) mass is 334 g/mol.